The van der Waals surface area contributed by atoms with Crippen LogP contribution in [0.5, 0.6) is 0 Å². The minimum atomic E-state index is -0.0432. The van der Waals surface area contributed by atoms with Crippen LogP contribution in [0.25, 0.3) is 11.3 Å². The Labute approximate surface area is 138 Å². The van der Waals surface area contributed by atoms with Gasteiger partial charge in [0, 0.05) is 12.1 Å². The number of rotatable bonds is 6. The predicted molar refractivity (Wildman–Crippen MR) is 91.0 cm³/mol. The summed E-state index contributed by atoms with van der Waals surface area (Å²) in [5, 5.41) is 3.38. The Kier molecular flexibility index (Phi) is 5.11. The predicted octanol–water partition coefficient (Wildman–Crippen LogP) is 3.75. The van der Waals surface area contributed by atoms with Crippen LogP contribution in [0.15, 0.2) is 76.5 Å². The number of carbonyl (C=O) groups excluding carboxylic acids is 1. The molecule has 0 saturated heterocycles. The van der Waals surface area contributed by atoms with Crippen molar-refractivity contribution in [2.24, 2.45) is 0 Å². The quantitative estimate of drug-likeness (QED) is 0.702. The molecular weight excluding hydrogens is 308 g/mol. The summed E-state index contributed by atoms with van der Waals surface area (Å²) in [6.45, 7) is 0.529. The summed E-state index contributed by atoms with van der Waals surface area (Å²) in [6, 6.07) is 19.6. The molecule has 116 valence electrons. The largest absolute Gasteiger partial charge is 0.431 e. The highest BCUT2D eigenvalue weighted by molar-refractivity contribution is 7.99. The van der Waals surface area contributed by atoms with Crippen LogP contribution < -0.4 is 5.32 Å². The fourth-order valence-electron chi connectivity index (χ4n) is 2.04. The lowest BCUT2D eigenvalue weighted by molar-refractivity contribution is -0.118. The van der Waals surface area contributed by atoms with Gasteiger partial charge in [0.25, 0.3) is 5.22 Å². The van der Waals surface area contributed by atoms with E-state index >= 15 is 0 Å². The molecule has 1 heterocycles. The average molecular weight is 324 g/mol. The molecule has 0 saturated carbocycles. The molecule has 0 radical (unpaired) electrons. The first-order valence-electron chi connectivity index (χ1n) is 7.26. The summed E-state index contributed by atoms with van der Waals surface area (Å²) in [4.78, 5) is 16.1. The van der Waals surface area contributed by atoms with Crippen LogP contribution in [0, 0.1) is 0 Å². The number of amides is 1. The molecule has 1 amide bonds. The van der Waals surface area contributed by atoms with E-state index < -0.39 is 0 Å². The molecule has 2 aromatic carbocycles. The third-order valence-corrected chi connectivity index (χ3v) is 4.04. The first kappa shape index (κ1) is 15.4. The molecule has 0 aliphatic heterocycles. The van der Waals surface area contributed by atoms with Crippen molar-refractivity contribution < 1.29 is 9.21 Å². The first-order valence-corrected chi connectivity index (χ1v) is 8.24. The van der Waals surface area contributed by atoms with E-state index in [4.69, 9.17) is 4.42 Å². The Balaban J connectivity index is 1.49. The summed E-state index contributed by atoms with van der Waals surface area (Å²) >= 11 is 1.29. The second kappa shape index (κ2) is 7.65. The monoisotopic (exact) mass is 324 g/mol. The molecule has 0 unspecified atom stereocenters. The van der Waals surface area contributed by atoms with Gasteiger partial charge in [-0.15, -0.1) is 0 Å². The zero-order valence-corrected chi connectivity index (χ0v) is 13.3. The fraction of sp³-hybridized carbons (Fsp3) is 0.111. The van der Waals surface area contributed by atoms with Crippen LogP contribution in [0.1, 0.15) is 5.56 Å². The summed E-state index contributed by atoms with van der Waals surface area (Å²) in [6.07, 6.45) is 1.68. The maximum Gasteiger partial charge on any atom is 0.256 e. The number of hydrogen-bond donors (Lipinski definition) is 1. The SMILES string of the molecule is O=C(CSc1ncc(-c2ccccc2)o1)NCc1ccccc1. The van der Waals surface area contributed by atoms with E-state index in [0.29, 0.717) is 17.5 Å². The number of nitrogens with zero attached hydrogens (tertiary/aromatic N) is 1. The van der Waals surface area contributed by atoms with Gasteiger partial charge in [-0.25, -0.2) is 4.98 Å². The minimum Gasteiger partial charge on any atom is -0.431 e. The van der Waals surface area contributed by atoms with Crippen molar-refractivity contribution in [3.8, 4) is 11.3 Å². The van der Waals surface area contributed by atoms with Gasteiger partial charge >= 0.3 is 0 Å². The van der Waals surface area contributed by atoms with Crippen molar-refractivity contribution in [1.82, 2.24) is 10.3 Å². The summed E-state index contributed by atoms with van der Waals surface area (Å²) in [7, 11) is 0. The van der Waals surface area contributed by atoms with E-state index in [1.165, 1.54) is 11.8 Å². The highest BCUT2D eigenvalue weighted by atomic mass is 32.2. The van der Waals surface area contributed by atoms with E-state index in [9.17, 15) is 4.79 Å². The molecule has 0 atom stereocenters. The molecule has 4 nitrogen and oxygen atoms in total. The van der Waals surface area contributed by atoms with Crippen LogP contribution in [0.4, 0.5) is 0 Å². The van der Waals surface area contributed by atoms with E-state index in [-0.39, 0.29) is 11.7 Å². The minimum absolute atomic E-state index is 0.0432. The molecule has 0 aliphatic rings. The van der Waals surface area contributed by atoms with Gasteiger partial charge in [0.2, 0.25) is 5.91 Å². The van der Waals surface area contributed by atoms with Gasteiger partial charge in [0.15, 0.2) is 5.76 Å². The van der Waals surface area contributed by atoms with Crippen LogP contribution in [0.2, 0.25) is 0 Å². The molecule has 3 aromatic rings. The lowest BCUT2D eigenvalue weighted by Crippen LogP contribution is -2.24. The Morgan fingerprint density at radius 2 is 1.74 bits per heavy atom. The van der Waals surface area contributed by atoms with Gasteiger partial charge in [-0.05, 0) is 5.56 Å². The van der Waals surface area contributed by atoms with Crippen molar-refractivity contribution in [1.29, 1.82) is 0 Å². The molecule has 1 aromatic heterocycles. The summed E-state index contributed by atoms with van der Waals surface area (Å²) in [5.74, 6) is 0.942. The van der Waals surface area contributed by atoms with E-state index in [1.54, 1.807) is 6.20 Å². The first-order chi connectivity index (χ1) is 11.3. The van der Waals surface area contributed by atoms with Gasteiger partial charge in [0.05, 0.1) is 11.9 Å². The molecule has 1 N–H and O–H groups in total. The Hall–Kier alpha value is -2.53. The van der Waals surface area contributed by atoms with Crippen LogP contribution >= 0.6 is 11.8 Å². The van der Waals surface area contributed by atoms with Gasteiger partial charge in [-0.1, -0.05) is 72.4 Å². The van der Waals surface area contributed by atoms with E-state index in [0.717, 1.165) is 11.1 Å². The third-order valence-electron chi connectivity index (χ3n) is 3.20. The summed E-state index contributed by atoms with van der Waals surface area (Å²) in [5.41, 5.74) is 2.05. The second-order valence-corrected chi connectivity index (χ2v) is 5.83. The number of aromatic nitrogens is 1. The standard InChI is InChI=1S/C18H16N2O2S/c21-17(19-11-14-7-3-1-4-8-14)13-23-18-20-12-16(22-18)15-9-5-2-6-10-15/h1-10,12H,11,13H2,(H,19,21). The van der Waals surface area contributed by atoms with Crippen molar-refractivity contribution in [2.45, 2.75) is 11.8 Å². The van der Waals surface area contributed by atoms with Crippen LogP contribution in [-0.2, 0) is 11.3 Å². The van der Waals surface area contributed by atoms with Crippen molar-refractivity contribution in [3.05, 3.63) is 72.4 Å². The lowest BCUT2D eigenvalue weighted by Gasteiger charge is -2.03. The Bertz CT molecular complexity index is 757. The van der Waals surface area contributed by atoms with Crippen LogP contribution in [0.3, 0.4) is 0 Å². The van der Waals surface area contributed by atoms with Crippen LogP contribution in [-0.4, -0.2) is 16.6 Å². The third kappa shape index (κ3) is 4.47. The number of carbonyl (C=O) groups is 1. The average Bonchev–Trinajstić information content (AvgIpc) is 3.09. The molecule has 0 spiro atoms. The number of benzene rings is 2. The Morgan fingerprint density at radius 3 is 2.48 bits per heavy atom. The zero-order valence-electron chi connectivity index (χ0n) is 12.4. The molecule has 0 bridgehead atoms. The number of hydrogen-bond acceptors (Lipinski definition) is 4. The molecular formula is C18H16N2O2S. The second-order valence-electron chi connectivity index (χ2n) is 4.91. The number of nitrogens with one attached hydrogen (secondary N) is 1. The molecule has 5 heteroatoms. The molecule has 23 heavy (non-hydrogen) atoms. The van der Waals surface area contributed by atoms with Crippen molar-refractivity contribution in [3.63, 3.8) is 0 Å². The van der Waals surface area contributed by atoms with Gasteiger partial charge < -0.3 is 9.73 Å². The molecule has 3 rings (SSSR count). The van der Waals surface area contributed by atoms with Gasteiger partial charge in [-0.3, -0.25) is 4.79 Å². The molecule has 0 aliphatic carbocycles. The number of oxazole rings is 1. The molecule has 0 fully saturated rings. The van der Waals surface area contributed by atoms with E-state index in [2.05, 4.69) is 10.3 Å². The van der Waals surface area contributed by atoms with Crippen molar-refractivity contribution >= 4 is 17.7 Å². The smallest absolute Gasteiger partial charge is 0.256 e. The zero-order chi connectivity index (χ0) is 15.9. The maximum atomic E-state index is 11.9. The topological polar surface area (TPSA) is 55.1 Å². The normalized spacial score (nSPS) is 10.4. The van der Waals surface area contributed by atoms with E-state index in [1.807, 2.05) is 60.7 Å². The highest BCUT2D eigenvalue weighted by Gasteiger charge is 2.09. The number of thioether (sulfide) groups is 1. The van der Waals surface area contributed by atoms with Crippen molar-refractivity contribution in [2.75, 3.05) is 5.75 Å². The van der Waals surface area contributed by atoms with Gasteiger partial charge in [0.1, 0.15) is 0 Å². The summed E-state index contributed by atoms with van der Waals surface area (Å²) < 4.78 is 5.65. The lowest BCUT2D eigenvalue weighted by atomic mass is 10.2. The fourth-order valence-corrected chi connectivity index (χ4v) is 2.67. The van der Waals surface area contributed by atoms with Gasteiger partial charge in [-0.2, -0.15) is 0 Å². The highest BCUT2D eigenvalue weighted by Crippen LogP contribution is 2.24. The maximum absolute atomic E-state index is 11.9. The Morgan fingerprint density at radius 1 is 1.04 bits per heavy atom.